The number of hydrogen-bond donors (Lipinski definition) is 4. The third-order valence-corrected chi connectivity index (χ3v) is 4.68. The van der Waals surface area contributed by atoms with Gasteiger partial charge in [0.1, 0.15) is 24.4 Å². The number of nitrogens with one attached hydrogen (secondary N) is 1. The molecule has 2 rings (SSSR count). The van der Waals surface area contributed by atoms with Crippen molar-refractivity contribution in [1.82, 2.24) is 0 Å². The predicted molar refractivity (Wildman–Crippen MR) is 89.7 cm³/mol. The van der Waals surface area contributed by atoms with Gasteiger partial charge >= 0.3 is 0 Å². The molecule has 40 heavy (non-hydrogen) atoms. The van der Waals surface area contributed by atoms with E-state index >= 15 is 0 Å². The topological polar surface area (TPSA) is 132 Å². The van der Waals surface area contributed by atoms with Crippen LogP contribution in [-0.2, 0) is 505 Å². The van der Waals surface area contributed by atoms with E-state index in [0.29, 0.717) is 0 Å². The zero-order valence-corrected chi connectivity index (χ0v) is 66.1. The van der Waals surface area contributed by atoms with Crippen molar-refractivity contribution < 1.29 is 525 Å². The van der Waals surface area contributed by atoms with Crippen molar-refractivity contribution in [1.29, 1.82) is 0 Å². The number of rotatable bonds is 6. The molecule has 0 aromatic carbocycles. The second-order valence-electron chi connectivity index (χ2n) is 7.10. The molecule has 0 bridgehead atoms. The first-order chi connectivity index (χ1) is 11.7. The molecule has 2 fully saturated rings. The zero-order valence-electron chi connectivity index (χ0n) is 23.6. The molecule has 15 radical (unpaired) electrons. The van der Waals surface area contributed by atoms with Crippen molar-refractivity contribution in [3.8, 4) is 0 Å². The maximum atomic E-state index is 10.0. The summed E-state index contributed by atoms with van der Waals surface area (Å²) >= 11 is 0. The van der Waals surface area contributed by atoms with Crippen molar-refractivity contribution in [2.45, 2.75) is 88.2 Å². The van der Waals surface area contributed by atoms with Crippen LogP contribution in [0.4, 0.5) is 0 Å². The Balaban J connectivity index is -0.0000000376. The van der Waals surface area contributed by atoms with Crippen molar-refractivity contribution in [2.75, 3.05) is 6.61 Å². The fourth-order valence-corrected chi connectivity index (χ4v) is 3.33. The van der Waals surface area contributed by atoms with Crippen LogP contribution in [0.2, 0.25) is 0 Å². The summed E-state index contributed by atoms with van der Waals surface area (Å²) in [6.45, 7) is 5.17. The molecule has 8 atom stereocenters. The van der Waals surface area contributed by atoms with Gasteiger partial charge in [-0.3, -0.25) is 0 Å². The number of aliphatic hydroxyl groups excluding tert-OH is 4. The van der Waals surface area contributed by atoms with E-state index in [2.05, 4.69) is 0 Å². The molecule has 5 N–H and O–H groups in total. The minimum atomic E-state index is -1.38. The summed E-state index contributed by atoms with van der Waals surface area (Å²) < 4.78 is 17.0. The van der Waals surface area contributed by atoms with Crippen molar-refractivity contribution in [3.63, 3.8) is 0 Å². The summed E-state index contributed by atoms with van der Waals surface area (Å²) in [7, 11) is 0. The molecule has 0 aromatic rings. The quantitative estimate of drug-likeness (QED) is 0.278. The maximum Gasteiger partial charge on any atom is 0.163 e. The van der Waals surface area contributed by atoms with Gasteiger partial charge in [-0.05, 0) is 26.7 Å². The molecule has 2 aliphatic heterocycles. The Bertz CT molecular complexity index is 494. The van der Waals surface area contributed by atoms with Gasteiger partial charge in [0, 0.05) is 491 Å². The van der Waals surface area contributed by atoms with E-state index in [-0.39, 0.29) is 509 Å². The van der Waals surface area contributed by atoms with Crippen LogP contribution in [0.1, 0.15) is 33.6 Å². The molecule has 2 aliphatic rings. The Labute approximate surface area is 618 Å². The van der Waals surface area contributed by atoms with E-state index in [1.165, 1.54) is 0 Å². The molecule has 0 spiro atoms. The second kappa shape index (κ2) is 55.0. The van der Waals surface area contributed by atoms with E-state index in [1.807, 2.05) is 20.8 Å². The molecule has 2 heterocycles. The second-order valence-corrected chi connectivity index (χ2v) is 7.10. The van der Waals surface area contributed by atoms with Crippen LogP contribution in [0.15, 0.2) is 12.2 Å². The standard InChI is InChI=1S/C17H30NO7.15Y/c1-4-10-16(25-17(2,3)24-10)9(18)6-5-7-11-13(20)15(22)14(21)12(8-19)23-11;;;;;;;;;;;;;;;/h5-6,9-16,18-22H,4,7-8H2,1-3H3;;;;;;;;;;;;;;;/q-1;;;;;;;;;;;;;;;/b6-5-;;;;;;;;;;;;;;;/t9-,10+,11-,12?,13?,14-,15+,16-;;;;;;;;;;;;;;;/m0.............../s1. The fourth-order valence-electron chi connectivity index (χ4n) is 3.33. The van der Waals surface area contributed by atoms with Crippen LogP contribution in [-0.4, -0.2) is 81.6 Å². The Morgan fingerprint density at radius 2 is 1.07 bits per heavy atom. The maximum absolute atomic E-state index is 10.0. The summed E-state index contributed by atoms with van der Waals surface area (Å²) in [5, 5.41) is 38.7. The van der Waals surface area contributed by atoms with E-state index in [4.69, 9.17) is 19.9 Å². The van der Waals surface area contributed by atoms with Crippen molar-refractivity contribution in [2.24, 2.45) is 0 Å². The van der Waals surface area contributed by atoms with Gasteiger partial charge in [-0.25, -0.2) is 0 Å². The van der Waals surface area contributed by atoms with Crippen molar-refractivity contribution >= 4 is 0 Å². The summed E-state index contributed by atoms with van der Waals surface area (Å²) in [5.74, 6) is -0.713. The summed E-state index contributed by atoms with van der Waals surface area (Å²) in [4.78, 5) is 0. The Morgan fingerprint density at radius 1 is 0.675 bits per heavy atom. The molecule has 0 aliphatic carbocycles. The average Bonchev–Trinajstić information content (AvgIpc) is 2.89. The minimum absolute atomic E-state index is 0. The average molecular weight is 1690 g/mol. The van der Waals surface area contributed by atoms with E-state index in [1.54, 1.807) is 12.2 Å². The zero-order chi connectivity index (χ0) is 18.8. The molecular weight excluding hydrogens is 1660 g/mol. The SMILES string of the molecule is CC[C@H]1OC(C)(C)O[C@H]1[C@@H]([NH-])/C=C\C[C@@H]1OC(CO)[C@H](O)[C@H](O)C1O.[Y].[Y].[Y].[Y].[Y].[Y].[Y].[Y].[Y].[Y].[Y].[Y].[Y].[Y].[Y]. The minimum Gasteiger partial charge on any atom is -0.669 e. The molecule has 0 saturated carbocycles. The molecule has 2 unspecified atom stereocenters. The smallest absolute Gasteiger partial charge is 0.163 e. The van der Waals surface area contributed by atoms with Gasteiger partial charge in [0.15, 0.2) is 5.79 Å². The molecule has 2 saturated heterocycles. The van der Waals surface area contributed by atoms with Crippen LogP contribution in [0, 0.1) is 0 Å². The van der Waals surface area contributed by atoms with Gasteiger partial charge in [0.25, 0.3) is 0 Å². The van der Waals surface area contributed by atoms with Gasteiger partial charge in [-0.2, -0.15) is 0 Å². The molecule has 191 valence electrons. The van der Waals surface area contributed by atoms with Crippen molar-refractivity contribution in [3.05, 3.63) is 17.9 Å². The number of aliphatic hydroxyl groups is 4. The predicted octanol–water partition coefficient (Wildman–Crippen LogP) is 0.0885. The van der Waals surface area contributed by atoms with Gasteiger partial charge < -0.3 is 40.4 Å². The molecule has 23 heteroatoms. The molecular formula is C17H30NO7Y15-. The Hall–Kier alpha value is 16.0. The summed E-state index contributed by atoms with van der Waals surface area (Å²) in [6.07, 6.45) is -1.91. The van der Waals surface area contributed by atoms with Gasteiger partial charge in [0.2, 0.25) is 0 Å². The first kappa shape index (κ1) is 96.0. The van der Waals surface area contributed by atoms with E-state index < -0.39 is 49.0 Å². The van der Waals surface area contributed by atoms with Crippen LogP contribution < -0.4 is 0 Å². The van der Waals surface area contributed by atoms with Gasteiger partial charge in [0.05, 0.1) is 24.9 Å². The Kier molecular flexibility index (Phi) is 132. The summed E-state index contributed by atoms with van der Waals surface area (Å²) in [6, 6.07) is -0.642. The Morgan fingerprint density at radius 3 is 1.45 bits per heavy atom. The van der Waals surface area contributed by atoms with Gasteiger partial charge in [-0.1, -0.05) is 19.0 Å². The van der Waals surface area contributed by atoms with Crippen LogP contribution >= 0.6 is 0 Å². The third-order valence-electron chi connectivity index (χ3n) is 4.68. The molecule has 0 amide bonds. The van der Waals surface area contributed by atoms with Crippen LogP contribution in [0.5, 0.6) is 0 Å². The molecule has 8 nitrogen and oxygen atoms in total. The van der Waals surface area contributed by atoms with E-state index in [0.717, 1.165) is 6.42 Å². The first-order valence-electron chi connectivity index (χ1n) is 8.74. The van der Waals surface area contributed by atoms with Crippen LogP contribution in [0.25, 0.3) is 5.73 Å². The number of ether oxygens (including phenoxy) is 3. The summed E-state index contributed by atoms with van der Waals surface area (Å²) in [5.41, 5.74) is 8.27. The third kappa shape index (κ3) is 37.0. The van der Waals surface area contributed by atoms with Gasteiger partial charge in [-0.15, -0.1) is 6.08 Å². The first-order valence-corrected chi connectivity index (χ1v) is 8.74. The normalized spacial score (nSPS) is 26.8. The number of hydrogen-bond acceptors (Lipinski definition) is 7. The molecule has 0 aromatic heterocycles. The monoisotopic (exact) mass is 1690 g/mol. The van der Waals surface area contributed by atoms with E-state index in [9.17, 15) is 20.4 Å². The largest absolute Gasteiger partial charge is 0.669 e. The van der Waals surface area contributed by atoms with Crippen LogP contribution in [0.3, 0.4) is 0 Å². The fraction of sp³-hybridized carbons (Fsp3) is 0.882.